The van der Waals surface area contributed by atoms with Gasteiger partial charge >= 0.3 is 11.9 Å². The van der Waals surface area contributed by atoms with Gasteiger partial charge in [-0.3, -0.25) is 19.4 Å². The third-order valence-corrected chi connectivity index (χ3v) is 6.40. The smallest absolute Gasteiger partial charge is 0.328 e. The Morgan fingerprint density at radius 2 is 1.68 bits per heavy atom. The molecule has 0 spiro atoms. The second-order valence-electron chi connectivity index (χ2n) is 9.53. The number of aryl methyl sites for hydroxylation is 1. The standard InChI is InChI=1S/C31H28F2N4O7/c1-17-4-6-21(32)24(12-17)37-29(39)18-5-7-22(33)27(14-18)44-20-10-11-34-26(15-20)25-13-19(16-35-25)30(40)36-23(31(41)43-3)8-9-28(38)42-2/h4-7,10-16,23,35H,8-9H2,1-3H3,(H,36,40)(H,37,39)/t23-/m0/s1. The number of anilines is 1. The van der Waals surface area contributed by atoms with Crippen LogP contribution in [0.15, 0.2) is 67.0 Å². The number of methoxy groups -OCH3 is 2. The van der Waals surface area contributed by atoms with Crippen molar-refractivity contribution >= 4 is 29.4 Å². The molecule has 3 N–H and O–H groups in total. The van der Waals surface area contributed by atoms with Crippen molar-refractivity contribution in [2.24, 2.45) is 0 Å². The summed E-state index contributed by atoms with van der Waals surface area (Å²) in [6.45, 7) is 1.75. The highest BCUT2D eigenvalue weighted by molar-refractivity contribution is 6.04. The van der Waals surface area contributed by atoms with Gasteiger partial charge in [-0.1, -0.05) is 6.07 Å². The first-order valence-corrected chi connectivity index (χ1v) is 13.2. The maximum atomic E-state index is 14.6. The molecule has 44 heavy (non-hydrogen) atoms. The Morgan fingerprint density at radius 3 is 2.43 bits per heavy atom. The van der Waals surface area contributed by atoms with E-state index in [1.54, 1.807) is 13.0 Å². The van der Waals surface area contributed by atoms with E-state index in [0.717, 1.165) is 18.7 Å². The van der Waals surface area contributed by atoms with Crippen molar-refractivity contribution in [3.63, 3.8) is 0 Å². The Labute approximate surface area is 250 Å². The second-order valence-corrected chi connectivity index (χ2v) is 9.53. The van der Waals surface area contributed by atoms with Crippen molar-refractivity contribution in [2.45, 2.75) is 25.8 Å². The number of aromatic nitrogens is 2. The fourth-order valence-corrected chi connectivity index (χ4v) is 4.07. The fourth-order valence-electron chi connectivity index (χ4n) is 4.07. The molecule has 0 aliphatic carbocycles. The van der Waals surface area contributed by atoms with Crippen LogP contribution < -0.4 is 15.4 Å². The number of benzene rings is 2. The maximum Gasteiger partial charge on any atom is 0.328 e. The number of amides is 2. The number of hydrogen-bond acceptors (Lipinski definition) is 8. The molecule has 0 aliphatic rings. The second kappa shape index (κ2) is 14.1. The van der Waals surface area contributed by atoms with Gasteiger partial charge < -0.3 is 29.8 Å². The molecule has 228 valence electrons. The van der Waals surface area contributed by atoms with Crippen LogP contribution in [0.1, 0.15) is 39.1 Å². The number of aromatic amines is 1. The summed E-state index contributed by atoms with van der Waals surface area (Å²) in [5, 5.41) is 5.00. The Balaban J connectivity index is 1.47. The Bertz CT molecular complexity index is 1710. The SMILES string of the molecule is COC(=O)CC[C@H](NC(=O)c1c[nH]c(-c2cc(Oc3cc(C(=O)Nc4cc(C)ccc4F)ccc3F)ccn2)c1)C(=O)OC. The van der Waals surface area contributed by atoms with Crippen LogP contribution in [0.5, 0.6) is 11.5 Å². The van der Waals surface area contributed by atoms with Gasteiger partial charge in [-0.2, -0.15) is 0 Å². The van der Waals surface area contributed by atoms with E-state index in [4.69, 9.17) is 9.47 Å². The highest BCUT2D eigenvalue weighted by atomic mass is 19.1. The van der Waals surface area contributed by atoms with Gasteiger partial charge in [0.25, 0.3) is 11.8 Å². The summed E-state index contributed by atoms with van der Waals surface area (Å²) in [6.07, 6.45) is 2.67. The number of hydrogen-bond donors (Lipinski definition) is 3. The van der Waals surface area contributed by atoms with Gasteiger partial charge in [0, 0.05) is 30.4 Å². The van der Waals surface area contributed by atoms with Crippen LogP contribution in [0.25, 0.3) is 11.4 Å². The van der Waals surface area contributed by atoms with Crippen LogP contribution in [0, 0.1) is 18.6 Å². The van der Waals surface area contributed by atoms with Crippen molar-refractivity contribution in [3.05, 3.63) is 95.3 Å². The van der Waals surface area contributed by atoms with Crippen molar-refractivity contribution in [3.8, 4) is 22.9 Å². The van der Waals surface area contributed by atoms with Crippen LogP contribution in [-0.2, 0) is 19.1 Å². The average Bonchev–Trinajstić information content (AvgIpc) is 3.52. The minimum atomic E-state index is -1.08. The quantitative estimate of drug-likeness (QED) is 0.204. The third-order valence-electron chi connectivity index (χ3n) is 6.40. The summed E-state index contributed by atoms with van der Waals surface area (Å²) in [4.78, 5) is 56.3. The molecule has 13 heteroatoms. The normalized spacial score (nSPS) is 11.3. The molecule has 0 unspecified atom stereocenters. The predicted molar refractivity (Wildman–Crippen MR) is 154 cm³/mol. The number of nitrogens with zero attached hydrogens (tertiary/aromatic N) is 1. The number of carbonyl (C=O) groups excluding carboxylic acids is 4. The molecule has 0 aliphatic heterocycles. The van der Waals surface area contributed by atoms with Crippen molar-refractivity contribution in [1.29, 1.82) is 0 Å². The summed E-state index contributed by atoms with van der Waals surface area (Å²) >= 11 is 0. The first-order chi connectivity index (χ1) is 21.1. The lowest BCUT2D eigenvalue weighted by molar-refractivity contribution is -0.144. The van der Waals surface area contributed by atoms with Gasteiger partial charge in [-0.25, -0.2) is 13.6 Å². The minimum Gasteiger partial charge on any atom is -0.469 e. The van der Waals surface area contributed by atoms with E-state index in [2.05, 4.69) is 25.3 Å². The summed E-state index contributed by atoms with van der Waals surface area (Å²) in [5.74, 6) is -3.98. The van der Waals surface area contributed by atoms with Crippen LogP contribution >= 0.6 is 0 Å². The largest absolute Gasteiger partial charge is 0.469 e. The third kappa shape index (κ3) is 7.82. The molecule has 2 aromatic heterocycles. The number of pyridine rings is 1. The number of carbonyl (C=O) groups is 4. The zero-order valence-corrected chi connectivity index (χ0v) is 23.9. The molecule has 11 nitrogen and oxygen atoms in total. The number of esters is 2. The number of rotatable bonds is 11. The van der Waals surface area contributed by atoms with Crippen LogP contribution in [0.3, 0.4) is 0 Å². The molecule has 0 bridgehead atoms. The van der Waals surface area contributed by atoms with Crippen molar-refractivity contribution in [1.82, 2.24) is 15.3 Å². The molecular weight excluding hydrogens is 578 g/mol. The highest BCUT2D eigenvalue weighted by Gasteiger charge is 2.24. The number of ether oxygens (including phenoxy) is 3. The zero-order chi connectivity index (χ0) is 31.8. The summed E-state index contributed by atoms with van der Waals surface area (Å²) in [6, 6.07) is 11.1. The van der Waals surface area contributed by atoms with E-state index in [9.17, 15) is 28.0 Å². The van der Waals surface area contributed by atoms with E-state index >= 15 is 0 Å². The summed E-state index contributed by atoms with van der Waals surface area (Å²) < 4.78 is 43.7. The number of halogens is 2. The highest BCUT2D eigenvalue weighted by Crippen LogP contribution is 2.29. The van der Waals surface area contributed by atoms with Crippen molar-refractivity contribution in [2.75, 3.05) is 19.5 Å². The summed E-state index contributed by atoms with van der Waals surface area (Å²) in [7, 11) is 2.38. The molecule has 4 aromatic rings. The van der Waals surface area contributed by atoms with E-state index < -0.39 is 41.4 Å². The molecule has 0 saturated heterocycles. The van der Waals surface area contributed by atoms with Gasteiger partial charge in [-0.05, 0) is 61.4 Å². The van der Waals surface area contributed by atoms with Gasteiger partial charge in [0.1, 0.15) is 17.6 Å². The average molecular weight is 607 g/mol. The van der Waals surface area contributed by atoms with Gasteiger partial charge in [0.05, 0.1) is 36.9 Å². The molecule has 2 heterocycles. The maximum absolute atomic E-state index is 14.6. The van der Waals surface area contributed by atoms with Crippen LogP contribution in [0.2, 0.25) is 0 Å². The molecule has 0 radical (unpaired) electrons. The van der Waals surface area contributed by atoms with Gasteiger partial charge in [0.15, 0.2) is 11.6 Å². The molecule has 0 fully saturated rings. The zero-order valence-electron chi connectivity index (χ0n) is 23.9. The fraction of sp³-hybridized carbons (Fsp3) is 0.194. The molecule has 2 aromatic carbocycles. The monoisotopic (exact) mass is 606 g/mol. The molecule has 0 saturated carbocycles. The summed E-state index contributed by atoms with van der Waals surface area (Å²) in [5.41, 5.74) is 1.67. The van der Waals surface area contributed by atoms with Gasteiger partial charge in [-0.15, -0.1) is 0 Å². The number of H-pyrrole nitrogens is 1. The molecule has 1 atom stereocenters. The lowest BCUT2D eigenvalue weighted by atomic mass is 10.1. The lowest BCUT2D eigenvalue weighted by Gasteiger charge is -2.15. The topological polar surface area (TPSA) is 149 Å². The Kier molecular flexibility index (Phi) is 10.0. The lowest BCUT2D eigenvalue weighted by Crippen LogP contribution is -2.41. The number of nitrogens with one attached hydrogen (secondary N) is 3. The first kappa shape index (κ1) is 31.3. The minimum absolute atomic E-state index is 0.0124. The first-order valence-electron chi connectivity index (χ1n) is 13.2. The van der Waals surface area contributed by atoms with Crippen molar-refractivity contribution < 1.29 is 42.2 Å². The Hall–Kier alpha value is -5.59. The van der Waals surface area contributed by atoms with Crippen LogP contribution in [0.4, 0.5) is 14.5 Å². The molecular formula is C31H28F2N4O7. The van der Waals surface area contributed by atoms with Gasteiger partial charge in [0.2, 0.25) is 0 Å². The van der Waals surface area contributed by atoms with E-state index in [1.165, 1.54) is 62.0 Å². The van der Waals surface area contributed by atoms with E-state index in [1.807, 2.05) is 0 Å². The van der Waals surface area contributed by atoms with E-state index in [-0.39, 0.29) is 41.2 Å². The molecule has 4 rings (SSSR count). The Morgan fingerprint density at radius 1 is 0.909 bits per heavy atom. The van der Waals surface area contributed by atoms with E-state index in [0.29, 0.717) is 11.4 Å². The van der Waals surface area contributed by atoms with Crippen LogP contribution in [-0.4, -0.2) is 54.0 Å². The predicted octanol–water partition coefficient (Wildman–Crippen LogP) is 4.93. The molecule has 2 amide bonds.